The van der Waals surface area contributed by atoms with E-state index >= 15 is 0 Å². The van der Waals surface area contributed by atoms with E-state index in [2.05, 4.69) is 126 Å². The van der Waals surface area contributed by atoms with Crippen LogP contribution >= 0.6 is 22.7 Å². The molecule has 3 nitrogen and oxygen atoms in total. The van der Waals surface area contributed by atoms with Crippen LogP contribution in [0.2, 0.25) is 0 Å². The molecule has 0 amide bonds. The smallest absolute Gasteiger partial charge is 0.160 e. The summed E-state index contributed by atoms with van der Waals surface area (Å²) in [7, 11) is 0. The second-order valence-electron chi connectivity index (χ2n) is 11.4. The van der Waals surface area contributed by atoms with Gasteiger partial charge in [0.1, 0.15) is 0 Å². The molecule has 4 aromatic heterocycles. The highest BCUT2D eigenvalue weighted by molar-refractivity contribution is 7.27. The molecule has 5 heteroatoms. The van der Waals surface area contributed by atoms with E-state index in [0.29, 0.717) is 0 Å². The van der Waals surface area contributed by atoms with Crippen LogP contribution in [0.5, 0.6) is 0 Å². The molecule has 0 bridgehead atoms. The lowest BCUT2D eigenvalue weighted by atomic mass is 10.1. The van der Waals surface area contributed by atoms with Gasteiger partial charge in [-0.05, 0) is 30.3 Å². The SMILES string of the molecule is c1ccc(-c2nc(-c3ccccc3)c3sc4cc(-n5c6ccccc6c6ccc7c8ccccc8sc7c65)ccc4c3n2)cc1. The number of hydrogen-bond donors (Lipinski definition) is 0. The van der Waals surface area contributed by atoms with Crippen LogP contribution in [0.1, 0.15) is 0 Å². The number of thiophene rings is 2. The molecule has 0 N–H and O–H groups in total. The maximum atomic E-state index is 5.17. The van der Waals surface area contributed by atoms with Gasteiger partial charge in [-0.1, -0.05) is 109 Å². The molecule has 10 rings (SSSR count). The Bertz CT molecular complexity index is 2750. The summed E-state index contributed by atoms with van der Waals surface area (Å²) in [6.45, 7) is 0. The van der Waals surface area contributed by atoms with Crippen LogP contribution in [0.3, 0.4) is 0 Å². The van der Waals surface area contributed by atoms with Crippen LogP contribution in [0.15, 0.2) is 140 Å². The molecule has 0 saturated heterocycles. The van der Waals surface area contributed by atoms with Crippen LogP contribution in [-0.2, 0) is 0 Å². The van der Waals surface area contributed by atoms with Crippen molar-refractivity contribution in [3.8, 4) is 28.3 Å². The predicted octanol–water partition coefficient (Wildman–Crippen LogP) is 11.6. The molecular weight excluding hydrogens is 587 g/mol. The zero-order valence-electron chi connectivity index (χ0n) is 23.9. The normalized spacial score (nSPS) is 12.0. The molecule has 210 valence electrons. The Morgan fingerprint density at radius 2 is 1.13 bits per heavy atom. The predicted molar refractivity (Wildman–Crippen MR) is 193 cm³/mol. The molecule has 0 aliphatic heterocycles. The summed E-state index contributed by atoms with van der Waals surface area (Å²) in [6, 6.07) is 49.8. The lowest BCUT2D eigenvalue weighted by molar-refractivity contribution is 1.19. The first-order chi connectivity index (χ1) is 22.3. The number of rotatable bonds is 3. The minimum atomic E-state index is 0.750. The van der Waals surface area contributed by atoms with Crippen molar-refractivity contribution >= 4 is 85.0 Å². The Morgan fingerprint density at radius 3 is 1.98 bits per heavy atom. The Hall–Kier alpha value is -5.36. The summed E-state index contributed by atoms with van der Waals surface area (Å²) in [4.78, 5) is 10.3. The number of nitrogens with zero attached hydrogens (tertiary/aromatic N) is 3. The number of fused-ring (bicyclic) bond motifs is 10. The molecular formula is C40H23N3S2. The topological polar surface area (TPSA) is 30.7 Å². The molecule has 0 unspecified atom stereocenters. The third kappa shape index (κ3) is 3.69. The highest BCUT2D eigenvalue weighted by atomic mass is 32.1. The molecule has 6 aromatic carbocycles. The monoisotopic (exact) mass is 609 g/mol. The van der Waals surface area contributed by atoms with Gasteiger partial charge in [-0.15, -0.1) is 22.7 Å². The van der Waals surface area contributed by atoms with Crippen LogP contribution < -0.4 is 0 Å². The minimum Gasteiger partial charge on any atom is -0.308 e. The van der Waals surface area contributed by atoms with E-state index in [1.165, 1.54) is 46.7 Å². The summed E-state index contributed by atoms with van der Waals surface area (Å²) < 4.78 is 7.42. The third-order valence-corrected chi connectivity index (χ3v) is 11.2. The molecule has 0 aliphatic rings. The van der Waals surface area contributed by atoms with Gasteiger partial charge in [-0.3, -0.25) is 0 Å². The Morgan fingerprint density at radius 1 is 0.467 bits per heavy atom. The Labute approximate surface area is 266 Å². The molecule has 45 heavy (non-hydrogen) atoms. The average Bonchev–Trinajstić information content (AvgIpc) is 3.78. The fourth-order valence-electron chi connectivity index (χ4n) is 6.78. The van der Waals surface area contributed by atoms with Crippen molar-refractivity contribution < 1.29 is 0 Å². The first-order valence-corrected chi connectivity index (χ1v) is 16.6. The zero-order chi connectivity index (χ0) is 29.5. The van der Waals surface area contributed by atoms with E-state index in [0.717, 1.165) is 43.9 Å². The second kappa shape index (κ2) is 9.57. The average molecular weight is 610 g/mol. The van der Waals surface area contributed by atoms with E-state index in [1.54, 1.807) is 11.3 Å². The number of benzene rings is 6. The van der Waals surface area contributed by atoms with Crippen molar-refractivity contribution in [3.63, 3.8) is 0 Å². The van der Waals surface area contributed by atoms with E-state index in [4.69, 9.17) is 9.97 Å². The van der Waals surface area contributed by atoms with Gasteiger partial charge in [0.25, 0.3) is 0 Å². The number of hydrogen-bond acceptors (Lipinski definition) is 4. The molecule has 0 fully saturated rings. The standard InChI is InChI=1S/C40H23N3S2/c1-3-11-24(12-4-1)35-39-36(42-40(41-35)25-13-5-2-6-14-25)31-20-19-26(23-34(31)45-39)43-32-17-9-7-15-27(32)29-21-22-30-28-16-8-10-18-33(28)44-38(30)37(29)43/h1-23H. The van der Waals surface area contributed by atoms with E-state index < -0.39 is 0 Å². The highest BCUT2D eigenvalue weighted by Crippen LogP contribution is 2.44. The molecule has 0 aliphatic carbocycles. The number of para-hydroxylation sites is 1. The van der Waals surface area contributed by atoms with Gasteiger partial charge in [0.15, 0.2) is 5.82 Å². The van der Waals surface area contributed by atoms with Gasteiger partial charge >= 0.3 is 0 Å². The van der Waals surface area contributed by atoms with Crippen LogP contribution in [0, 0.1) is 0 Å². The van der Waals surface area contributed by atoms with Crippen molar-refractivity contribution in [2.45, 2.75) is 0 Å². The summed E-state index contributed by atoms with van der Waals surface area (Å²) in [5, 5.41) is 6.34. The molecule has 4 heterocycles. The molecule has 0 saturated carbocycles. The van der Waals surface area contributed by atoms with Gasteiger partial charge in [-0.25, -0.2) is 9.97 Å². The van der Waals surface area contributed by atoms with Crippen LogP contribution in [0.4, 0.5) is 0 Å². The van der Waals surface area contributed by atoms with E-state index in [-0.39, 0.29) is 0 Å². The maximum absolute atomic E-state index is 5.17. The van der Waals surface area contributed by atoms with Crippen LogP contribution in [0.25, 0.3) is 90.6 Å². The summed E-state index contributed by atoms with van der Waals surface area (Å²) in [5.41, 5.74) is 7.74. The van der Waals surface area contributed by atoms with Gasteiger partial charge in [0.2, 0.25) is 0 Å². The van der Waals surface area contributed by atoms with Crippen molar-refractivity contribution in [2.75, 3.05) is 0 Å². The minimum absolute atomic E-state index is 0.750. The lowest BCUT2D eigenvalue weighted by Gasteiger charge is -2.09. The zero-order valence-corrected chi connectivity index (χ0v) is 25.6. The number of aromatic nitrogens is 3. The quantitative estimate of drug-likeness (QED) is 0.199. The van der Waals surface area contributed by atoms with E-state index in [1.807, 2.05) is 29.5 Å². The summed E-state index contributed by atoms with van der Waals surface area (Å²) in [6.07, 6.45) is 0. The maximum Gasteiger partial charge on any atom is 0.160 e. The lowest BCUT2D eigenvalue weighted by Crippen LogP contribution is -1.94. The molecule has 0 radical (unpaired) electrons. The van der Waals surface area contributed by atoms with Crippen molar-refractivity contribution in [2.24, 2.45) is 0 Å². The third-order valence-electron chi connectivity index (χ3n) is 8.81. The Kier molecular flexibility index (Phi) is 5.32. The summed E-state index contributed by atoms with van der Waals surface area (Å²) in [5.74, 6) is 0.750. The highest BCUT2D eigenvalue weighted by Gasteiger charge is 2.20. The first-order valence-electron chi connectivity index (χ1n) is 15.0. The van der Waals surface area contributed by atoms with Gasteiger partial charge in [0.05, 0.1) is 31.6 Å². The fraction of sp³-hybridized carbons (Fsp3) is 0. The molecule has 0 spiro atoms. The molecule has 0 atom stereocenters. The van der Waals surface area contributed by atoms with Gasteiger partial charge in [0, 0.05) is 53.1 Å². The van der Waals surface area contributed by atoms with E-state index in [9.17, 15) is 0 Å². The second-order valence-corrected chi connectivity index (χ2v) is 13.5. The van der Waals surface area contributed by atoms with Gasteiger partial charge < -0.3 is 4.57 Å². The summed E-state index contributed by atoms with van der Waals surface area (Å²) >= 11 is 3.67. The molecule has 10 aromatic rings. The Balaban J connectivity index is 1.28. The van der Waals surface area contributed by atoms with Crippen molar-refractivity contribution in [1.82, 2.24) is 14.5 Å². The van der Waals surface area contributed by atoms with Crippen molar-refractivity contribution in [1.29, 1.82) is 0 Å². The first kappa shape index (κ1) is 25.0. The van der Waals surface area contributed by atoms with Crippen molar-refractivity contribution in [3.05, 3.63) is 140 Å². The fourth-order valence-corrected chi connectivity index (χ4v) is 9.20. The largest absolute Gasteiger partial charge is 0.308 e. The van der Waals surface area contributed by atoms with Crippen LogP contribution in [-0.4, -0.2) is 14.5 Å². The van der Waals surface area contributed by atoms with Gasteiger partial charge in [-0.2, -0.15) is 0 Å².